The van der Waals surface area contributed by atoms with Crippen LogP contribution in [-0.4, -0.2) is 64.1 Å². The number of nitrogens with zero attached hydrogens (tertiary/aromatic N) is 2. The minimum absolute atomic E-state index is 0.0317. The maximum atomic E-state index is 12.6. The summed E-state index contributed by atoms with van der Waals surface area (Å²) in [5.74, 6) is 0.119. The molecule has 0 fully saturated rings. The van der Waals surface area contributed by atoms with Gasteiger partial charge >= 0.3 is 12.0 Å². The van der Waals surface area contributed by atoms with Crippen LogP contribution in [0.2, 0.25) is 0 Å². The summed E-state index contributed by atoms with van der Waals surface area (Å²) in [7, 11) is 1.78. The first-order valence-electron chi connectivity index (χ1n) is 6.86. The van der Waals surface area contributed by atoms with Gasteiger partial charge in [0.1, 0.15) is 0 Å². The van der Waals surface area contributed by atoms with E-state index in [1.54, 1.807) is 28.6 Å². The van der Waals surface area contributed by atoms with Crippen LogP contribution >= 0.6 is 11.8 Å². The highest BCUT2D eigenvalue weighted by Crippen LogP contribution is 2.18. The van der Waals surface area contributed by atoms with Crippen LogP contribution < -0.4 is 0 Å². The number of hydrogen-bond donors (Lipinski definition) is 1. The van der Waals surface area contributed by atoms with Crippen LogP contribution in [0.25, 0.3) is 0 Å². The van der Waals surface area contributed by atoms with Gasteiger partial charge in [-0.2, -0.15) is 11.8 Å². The van der Waals surface area contributed by atoms with Gasteiger partial charge in [-0.3, -0.25) is 4.79 Å². The number of carbonyl (C=O) groups is 2. The van der Waals surface area contributed by atoms with Crippen LogP contribution in [-0.2, 0) is 4.79 Å². The fraction of sp³-hybridized carbons (Fsp3) is 0.857. The van der Waals surface area contributed by atoms with Gasteiger partial charge < -0.3 is 14.9 Å². The van der Waals surface area contributed by atoms with E-state index in [1.807, 2.05) is 34.0 Å². The van der Waals surface area contributed by atoms with Crippen molar-refractivity contribution in [2.45, 2.75) is 52.1 Å². The summed E-state index contributed by atoms with van der Waals surface area (Å²) in [6.07, 6.45) is 2.94. The number of amides is 2. The fourth-order valence-electron chi connectivity index (χ4n) is 1.79. The van der Waals surface area contributed by atoms with Gasteiger partial charge in [0.15, 0.2) is 0 Å². The number of aliphatic carboxylic acids is 1. The molecule has 6 heteroatoms. The van der Waals surface area contributed by atoms with E-state index in [-0.39, 0.29) is 30.6 Å². The Morgan fingerprint density at radius 3 is 2.25 bits per heavy atom. The lowest BCUT2D eigenvalue weighted by molar-refractivity contribution is -0.137. The van der Waals surface area contributed by atoms with Gasteiger partial charge in [-0.25, -0.2) is 4.79 Å². The summed E-state index contributed by atoms with van der Waals surface area (Å²) >= 11 is 1.76. The van der Waals surface area contributed by atoms with Crippen LogP contribution in [0.4, 0.5) is 4.79 Å². The number of hydrogen-bond acceptors (Lipinski definition) is 3. The SMILES string of the molecule is CSCCC(C)N(C)C(=O)N(CCC(=O)O)C(C)(C)C. The summed E-state index contributed by atoms with van der Waals surface area (Å²) in [6.45, 7) is 8.02. The summed E-state index contributed by atoms with van der Waals surface area (Å²) in [4.78, 5) is 26.7. The van der Waals surface area contributed by atoms with Gasteiger partial charge in [-0.15, -0.1) is 0 Å². The Bertz CT molecular complexity index is 329. The molecule has 2 amide bonds. The number of rotatable bonds is 7. The fourth-order valence-corrected chi connectivity index (χ4v) is 2.36. The Morgan fingerprint density at radius 1 is 1.30 bits per heavy atom. The largest absolute Gasteiger partial charge is 0.481 e. The summed E-state index contributed by atoms with van der Waals surface area (Å²) in [5.41, 5.74) is -0.389. The molecule has 0 aliphatic heterocycles. The zero-order valence-electron chi connectivity index (χ0n) is 13.5. The van der Waals surface area contributed by atoms with Crippen molar-refractivity contribution in [2.75, 3.05) is 25.6 Å². The van der Waals surface area contributed by atoms with Crippen molar-refractivity contribution in [2.24, 2.45) is 0 Å². The van der Waals surface area contributed by atoms with E-state index in [0.29, 0.717) is 0 Å². The molecule has 1 unspecified atom stereocenters. The third-order valence-electron chi connectivity index (χ3n) is 3.29. The average Bonchev–Trinajstić information content (AvgIpc) is 2.32. The van der Waals surface area contributed by atoms with Crippen LogP contribution in [0, 0.1) is 0 Å². The molecular weight excluding hydrogens is 276 g/mol. The van der Waals surface area contributed by atoms with E-state index in [0.717, 1.165) is 12.2 Å². The third kappa shape index (κ3) is 6.50. The van der Waals surface area contributed by atoms with Crippen molar-refractivity contribution in [3.8, 4) is 0 Å². The molecule has 0 aromatic carbocycles. The van der Waals surface area contributed by atoms with Gasteiger partial charge in [0.2, 0.25) is 0 Å². The van der Waals surface area contributed by atoms with E-state index in [4.69, 9.17) is 5.11 Å². The second-order valence-corrected chi connectivity index (χ2v) is 6.98. The molecule has 0 aliphatic rings. The van der Waals surface area contributed by atoms with Gasteiger partial charge in [0, 0.05) is 25.2 Å². The van der Waals surface area contributed by atoms with E-state index < -0.39 is 5.97 Å². The van der Waals surface area contributed by atoms with Gasteiger partial charge in [0.25, 0.3) is 0 Å². The molecule has 1 atom stereocenters. The Balaban J connectivity index is 4.80. The van der Waals surface area contributed by atoms with Crippen molar-refractivity contribution in [1.82, 2.24) is 9.80 Å². The van der Waals surface area contributed by atoms with Gasteiger partial charge in [-0.1, -0.05) is 0 Å². The van der Waals surface area contributed by atoms with Crippen molar-refractivity contribution >= 4 is 23.8 Å². The van der Waals surface area contributed by atoms with Crippen LogP contribution in [0.5, 0.6) is 0 Å². The smallest absolute Gasteiger partial charge is 0.320 e. The Morgan fingerprint density at radius 2 is 1.85 bits per heavy atom. The van der Waals surface area contributed by atoms with Crippen molar-refractivity contribution in [3.63, 3.8) is 0 Å². The predicted molar refractivity (Wildman–Crippen MR) is 84.3 cm³/mol. The minimum atomic E-state index is -0.884. The van der Waals surface area contributed by atoms with Crippen LogP contribution in [0.1, 0.15) is 40.5 Å². The lowest BCUT2D eigenvalue weighted by Crippen LogP contribution is -2.53. The number of urea groups is 1. The maximum Gasteiger partial charge on any atom is 0.320 e. The quantitative estimate of drug-likeness (QED) is 0.785. The lowest BCUT2D eigenvalue weighted by Gasteiger charge is -2.39. The highest BCUT2D eigenvalue weighted by molar-refractivity contribution is 7.98. The number of carbonyl (C=O) groups excluding carboxylic acids is 1. The first kappa shape index (κ1) is 19.1. The summed E-state index contributed by atoms with van der Waals surface area (Å²) in [5, 5.41) is 8.82. The molecule has 0 rings (SSSR count). The highest BCUT2D eigenvalue weighted by atomic mass is 32.2. The van der Waals surface area contributed by atoms with E-state index >= 15 is 0 Å². The molecular formula is C14H28N2O3S. The Labute approximate surface area is 126 Å². The number of carboxylic acids is 1. The minimum Gasteiger partial charge on any atom is -0.481 e. The van der Waals surface area contributed by atoms with Crippen molar-refractivity contribution < 1.29 is 14.7 Å². The molecule has 1 N–H and O–H groups in total. The number of thioether (sulfide) groups is 1. The zero-order chi connectivity index (χ0) is 15.9. The molecule has 5 nitrogen and oxygen atoms in total. The summed E-state index contributed by atoms with van der Waals surface area (Å²) in [6, 6.07) is 0.0389. The van der Waals surface area contributed by atoms with E-state index in [9.17, 15) is 9.59 Å². The van der Waals surface area contributed by atoms with Crippen LogP contribution in [0.15, 0.2) is 0 Å². The molecule has 0 aromatic heterocycles. The molecule has 118 valence electrons. The summed E-state index contributed by atoms with van der Waals surface area (Å²) < 4.78 is 0. The Kier molecular flexibility index (Phi) is 8.01. The van der Waals surface area contributed by atoms with Gasteiger partial charge in [-0.05, 0) is 46.1 Å². The first-order valence-corrected chi connectivity index (χ1v) is 8.25. The molecule has 0 saturated heterocycles. The molecule has 0 spiro atoms. The molecule has 0 aliphatic carbocycles. The normalized spacial score (nSPS) is 12.9. The second-order valence-electron chi connectivity index (χ2n) is 5.99. The lowest BCUT2D eigenvalue weighted by atomic mass is 10.1. The third-order valence-corrected chi connectivity index (χ3v) is 3.94. The monoisotopic (exact) mass is 304 g/mol. The van der Waals surface area contributed by atoms with Crippen LogP contribution in [0.3, 0.4) is 0 Å². The second kappa shape index (κ2) is 8.39. The predicted octanol–water partition coefficient (Wildman–Crippen LogP) is 2.76. The highest BCUT2D eigenvalue weighted by Gasteiger charge is 2.30. The van der Waals surface area contributed by atoms with E-state index in [2.05, 4.69) is 0 Å². The molecule has 0 heterocycles. The first-order chi connectivity index (χ1) is 9.11. The molecule has 0 saturated carbocycles. The topological polar surface area (TPSA) is 60.9 Å². The standard InChI is InChI=1S/C14H28N2O3S/c1-11(8-10-20-6)15(5)13(19)16(14(2,3)4)9-7-12(17)18/h11H,7-10H2,1-6H3,(H,17,18). The molecule has 0 bridgehead atoms. The maximum absolute atomic E-state index is 12.6. The van der Waals surface area contributed by atoms with Gasteiger partial charge in [0.05, 0.1) is 6.42 Å². The molecule has 0 aromatic rings. The average molecular weight is 304 g/mol. The Hall–Kier alpha value is -0.910. The van der Waals surface area contributed by atoms with Crippen molar-refractivity contribution in [1.29, 1.82) is 0 Å². The van der Waals surface area contributed by atoms with Crippen molar-refractivity contribution in [3.05, 3.63) is 0 Å². The number of carboxylic acid groups (broad SMARTS) is 1. The molecule has 0 radical (unpaired) electrons. The van der Waals surface area contributed by atoms with E-state index in [1.165, 1.54) is 0 Å². The zero-order valence-corrected chi connectivity index (χ0v) is 14.3. The molecule has 20 heavy (non-hydrogen) atoms.